The highest BCUT2D eigenvalue weighted by atomic mass is 16.4. The third-order valence-electron chi connectivity index (χ3n) is 8.39. The molecular formula is C29H39N3O5. The zero-order valence-corrected chi connectivity index (χ0v) is 21.8. The van der Waals surface area contributed by atoms with E-state index in [1.807, 2.05) is 0 Å². The summed E-state index contributed by atoms with van der Waals surface area (Å²) in [7, 11) is 0. The third-order valence-corrected chi connectivity index (χ3v) is 8.39. The Balaban J connectivity index is 1.24. The molecule has 1 aromatic carbocycles. The van der Waals surface area contributed by atoms with Crippen molar-refractivity contribution in [3.63, 3.8) is 0 Å². The molecule has 0 radical (unpaired) electrons. The number of carbonyl (C=O) groups excluding carboxylic acids is 1. The second-order valence-corrected chi connectivity index (χ2v) is 10.7. The minimum absolute atomic E-state index is 0.00521. The van der Waals surface area contributed by atoms with Crippen LogP contribution in [0.2, 0.25) is 0 Å². The zero-order chi connectivity index (χ0) is 26.5. The molecule has 4 N–H and O–H groups in total. The number of amides is 1. The van der Waals surface area contributed by atoms with Crippen LogP contribution in [0, 0.1) is 17.8 Å². The molecule has 2 aliphatic heterocycles. The summed E-state index contributed by atoms with van der Waals surface area (Å²) in [5.74, 6) is -2.71. The van der Waals surface area contributed by atoms with Gasteiger partial charge < -0.3 is 25.7 Å². The van der Waals surface area contributed by atoms with Crippen LogP contribution in [0.5, 0.6) is 0 Å². The Hall–Kier alpha value is -3.13. The lowest BCUT2D eigenvalue weighted by atomic mass is 9.75. The first-order valence-corrected chi connectivity index (χ1v) is 13.5. The van der Waals surface area contributed by atoms with Gasteiger partial charge in [-0.1, -0.05) is 30.3 Å². The van der Waals surface area contributed by atoms with Crippen LogP contribution < -0.4 is 10.6 Å². The van der Waals surface area contributed by atoms with Gasteiger partial charge in [-0.25, -0.2) is 9.59 Å². The van der Waals surface area contributed by atoms with Crippen LogP contribution in [0.15, 0.2) is 52.9 Å². The van der Waals surface area contributed by atoms with E-state index in [9.17, 15) is 24.6 Å². The van der Waals surface area contributed by atoms with Crippen LogP contribution in [0.25, 0.3) is 0 Å². The highest BCUT2D eigenvalue weighted by molar-refractivity contribution is 5.96. The number of aliphatic carboxylic acids is 2. The number of nitrogens with one attached hydrogen (secondary N) is 2. The van der Waals surface area contributed by atoms with Crippen molar-refractivity contribution >= 4 is 17.8 Å². The molecule has 37 heavy (non-hydrogen) atoms. The van der Waals surface area contributed by atoms with Gasteiger partial charge in [-0.2, -0.15) is 0 Å². The van der Waals surface area contributed by atoms with Crippen molar-refractivity contribution < 1.29 is 24.6 Å². The molecule has 1 saturated heterocycles. The molecule has 0 bridgehead atoms. The number of rotatable bonds is 9. The Morgan fingerprint density at radius 2 is 1.57 bits per heavy atom. The van der Waals surface area contributed by atoms with E-state index in [0.29, 0.717) is 43.1 Å². The lowest BCUT2D eigenvalue weighted by molar-refractivity contribution is -0.134. The van der Waals surface area contributed by atoms with E-state index >= 15 is 0 Å². The molecule has 1 amide bonds. The predicted octanol–water partition coefficient (Wildman–Crippen LogP) is 3.73. The van der Waals surface area contributed by atoms with Crippen molar-refractivity contribution in [1.29, 1.82) is 0 Å². The standard InChI is InChI=1S/C29H39N3O5/c1-18-24(28(34)35)26(25(29(36)37)19(2)31-18)22-9-10-23(17-22)27(33)30-13-6-14-32-15-11-21(12-16-32)20-7-4-3-5-8-20/h3-5,7-8,21-23,26,31H,6,9-17H2,1-2H3,(H,30,33)(H,34,35)(H,36,37)/t22-,23+/m0/s1. The van der Waals surface area contributed by atoms with Gasteiger partial charge in [0.15, 0.2) is 0 Å². The molecule has 3 aliphatic rings. The van der Waals surface area contributed by atoms with E-state index < -0.39 is 17.9 Å². The second kappa shape index (κ2) is 11.9. The van der Waals surface area contributed by atoms with Crippen molar-refractivity contribution in [2.75, 3.05) is 26.2 Å². The topological polar surface area (TPSA) is 119 Å². The summed E-state index contributed by atoms with van der Waals surface area (Å²) in [5, 5.41) is 25.6. The summed E-state index contributed by atoms with van der Waals surface area (Å²) in [6, 6.07) is 10.7. The van der Waals surface area contributed by atoms with Gasteiger partial charge in [0.1, 0.15) is 0 Å². The first-order chi connectivity index (χ1) is 17.8. The fourth-order valence-electron chi connectivity index (χ4n) is 6.52. The van der Waals surface area contributed by atoms with Gasteiger partial charge in [-0.15, -0.1) is 0 Å². The maximum absolute atomic E-state index is 12.9. The molecule has 0 unspecified atom stereocenters. The molecule has 1 saturated carbocycles. The number of carbonyl (C=O) groups is 3. The molecule has 1 aromatic rings. The number of nitrogens with zero attached hydrogens (tertiary/aromatic N) is 1. The molecule has 0 aromatic heterocycles. The van der Waals surface area contributed by atoms with Gasteiger partial charge in [0.05, 0.1) is 11.1 Å². The number of likely N-dealkylation sites (tertiary alicyclic amines) is 1. The zero-order valence-electron chi connectivity index (χ0n) is 21.8. The molecule has 0 spiro atoms. The fourth-order valence-corrected chi connectivity index (χ4v) is 6.52. The maximum atomic E-state index is 12.9. The first kappa shape index (κ1) is 26.9. The third kappa shape index (κ3) is 6.24. The number of hydrogen-bond donors (Lipinski definition) is 4. The van der Waals surface area contributed by atoms with E-state index in [1.165, 1.54) is 5.56 Å². The smallest absolute Gasteiger partial charge is 0.333 e. The summed E-state index contributed by atoms with van der Waals surface area (Å²) in [4.78, 5) is 39.4. The molecular weight excluding hydrogens is 470 g/mol. The van der Waals surface area contributed by atoms with Gasteiger partial charge in [0.25, 0.3) is 0 Å². The molecule has 200 valence electrons. The highest BCUT2D eigenvalue weighted by Crippen LogP contribution is 2.45. The molecule has 2 atom stereocenters. The summed E-state index contributed by atoms with van der Waals surface area (Å²) < 4.78 is 0. The molecule has 4 rings (SSSR count). The lowest BCUT2D eigenvalue weighted by Crippen LogP contribution is -2.37. The molecule has 1 aliphatic carbocycles. The van der Waals surface area contributed by atoms with Crippen molar-refractivity contribution in [3.05, 3.63) is 58.4 Å². The largest absolute Gasteiger partial charge is 0.478 e. The Labute approximate surface area is 218 Å². The molecule has 2 fully saturated rings. The summed E-state index contributed by atoms with van der Waals surface area (Å²) in [5.41, 5.74) is 2.58. The van der Waals surface area contributed by atoms with Crippen LogP contribution in [0.1, 0.15) is 63.9 Å². The van der Waals surface area contributed by atoms with E-state index in [1.54, 1.807) is 13.8 Å². The molecule has 8 nitrogen and oxygen atoms in total. The summed E-state index contributed by atoms with van der Waals surface area (Å²) >= 11 is 0. The van der Waals surface area contributed by atoms with Crippen LogP contribution >= 0.6 is 0 Å². The summed E-state index contributed by atoms with van der Waals surface area (Å²) in [6.45, 7) is 7.06. The van der Waals surface area contributed by atoms with Gasteiger partial charge in [-0.3, -0.25) is 4.79 Å². The number of piperidine rings is 1. The Bertz CT molecular complexity index is 1040. The van der Waals surface area contributed by atoms with E-state index in [2.05, 4.69) is 45.9 Å². The maximum Gasteiger partial charge on any atom is 0.333 e. The van der Waals surface area contributed by atoms with E-state index in [4.69, 9.17) is 0 Å². The number of benzene rings is 1. The van der Waals surface area contributed by atoms with Crippen molar-refractivity contribution in [3.8, 4) is 0 Å². The monoisotopic (exact) mass is 509 g/mol. The quantitative estimate of drug-likeness (QED) is 0.375. The average Bonchev–Trinajstić information content (AvgIpc) is 3.37. The minimum atomic E-state index is -1.11. The van der Waals surface area contributed by atoms with Crippen molar-refractivity contribution in [1.82, 2.24) is 15.5 Å². The number of carboxylic acid groups (broad SMARTS) is 2. The van der Waals surface area contributed by atoms with Gasteiger partial charge in [-0.05, 0) is 89.4 Å². The Morgan fingerprint density at radius 1 is 0.946 bits per heavy atom. The average molecular weight is 510 g/mol. The van der Waals surface area contributed by atoms with Gasteiger partial charge in [0, 0.05) is 29.8 Å². The summed E-state index contributed by atoms with van der Waals surface area (Å²) in [6.07, 6.45) is 4.99. The van der Waals surface area contributed by atoms with Crippen molar-refractivity contribution in [2.45, 2.75) is 58.3 Å². The Morgan fingerprint density at radius 3 is 2.16 bits per heavy atom. The number of hydrogen-bond acceptors (Lipinski definition) is 5. The van der Waals surface area contributed by atoms with E-state index in [0.717, 1.165) is 38.9 Å². The van der Waals surface area contributed by atoms with Crippen LogP contribution in [0.3, 0.4) is 0 Å². The van der Waals surface area contributed by atoms with Crippen LogP contribution in [0.4, 0.5) is 0 Å². The molecule has 2 heterocycles. The highest BCUT2D eigenvalue weighted by Gasteiger charge is 2.44. The number of dihydropyridines is 1. The van der Waals surface area contributed by atoms with Crippen LogP contribution in [-0.4, -0.2) is 59.1 Å². The van der Waals surface area contributed by atoms with E-state index in [-0.39, 0.29) is 28.9 Å². The minimum Gasteiger partial charge on any atom is -0.478 e. The first-order valence-electron chi connectivity index (χ1n) is 13.5. The van der Waals surface area contributed by atoms with Crippen molar-refractivity contribution in [2.24, 2.45) is 17.8 Å². The normalized spacial score (nSPS) is 23.7. The van der Waals surface area contributed by atoms with Crippen LogP contribution in [-0.2, 0) is 14.4 Å². The Kier molecular flexibility index (Phi) is 8.69. The predicted molar refractivity (Wildman–Crippen MR) is 141 cm³/mol. The second-order valence-electron chi connectivity index (χ2n) is 10.7. The fraction of sp³-hybridized carbons (Fsp3) is 0.552. The molecule has 8 heteroatoms. The van der Waals surface area contributed by atoms with Gasteiger partial charge in [0.2, 0.25) is 5.91 Å². The number of allylic oxidation sites excluding steroid dienone is 2. The lowest BCUT2D eigenvalue weighted by Gasteiger charge is -2.32. The SMILES string of the molecule is CC1=C(C(=O)O)C([C@H]2CC[C@@H](C(=O)NCCCN3CCC(c4ccccc4)CC3)C2)C(C(=O)O)=C(C)N1. The van der Waals surface area contributed by atoms with Gasteiger partial charge >= 0.3 is 11.9 Å². The number of carboxylic acids is 2.